The first kappa shape index (κ1) is 16.5. The van der Waals surface area contributed by atoms with Crippen molar-refractivity contribution in [3.63, 3.8) is 0 Å². The summed E-state index contributed by atoms with van der Waals surface area (Å²) in [7, 11) is -4.26. The third-order valence-electron chi connectivity index (χ3n) is 3.15. The lowest BCUT2D eigenvalue weighted by molar-refractivity contribution is -0.144. The van der Waals surface area contributed by atoms with E-state index in [1.165, 1.54) is 13.8 Å². The van der Waals surface area contributed by atoms with E-state index in [9.17, 15) is 27.1 Å². The number of benzene rings is 1. The van der Waals surface area contributed by atoms with E-state index in [0.717, 1.165) is 6.07 Å². The molecule has 1 rings (SSSR count). The highest BCUT2D eigenvalue weighted by atomic mass is 32.2. The van der Waals surface area contributed by atoms with E-state index in [2.05, 4.69) is 4.72 Å². The Morgan fingerprint density at radius 2 is 1.80 bits per heavy atom. The zero-order valence-corrected chi connectivity index (χ0v) is 11.8. The Balaban J connectivity index is 3.23. The van der Waals surface area contributed by atoms with Crippen molar-refractivity contribution in [3.8, 4) is 0 Å². The van der Waals surface area contributed by atoms with Gasteiger partial charge in [0.2, 0.25) is 10.0 Å². The van der Waals surface area contributed by atoms with Crippen LogP contribution in [0.3, 0.4) is 0 Å². The lowest BCUT2D eigenvalue weighted by atomic mass is 9.95. The van der Waals surface area contributed by atoms with Crippen molar-refractivity contribution in [1.82, 2.24) is 4.72 Å². The first-order valence-corrected chi connectivity index (χ1v) is 7.39. The molecule has 0 saturated heterocycles. The number of rotatable bonds is 6. The lowest BCUT2D eigenvalue weighted by Gasteiger charge is -2.27. The van der Waals surface area contributed by atoms with E-state index < -0.39 is 38.1 Å². The quantitative estimate of drug-likeness (QED) is 0.840. The van der Waals surface area contributed by atoms with Gasteiger partial charge in [0.05, 0.1) is 4.90 Å². The molecule has 0 atom stereocenters. The van der Waals surface area contributed by atoms with Crippen molar-refractivity contribution in [1.29, 1.82) is 0 Å². The Hall–Kier alpha value is -1.54. The van der Waals surface area contributed by atoms with Crippen molar-refractivity contribution in [2.75, 3.05) is 0 Å². The number of aliphatic carboxylic acids is 1. The zero-order chi connectivity index (χ0) is 15.6. The Morgan fingerprint density at radius 3 is 2.20 bits per heavy atom. The van der Waals surface area contributed by atoms with Crippen molar-refractivity contribution < 1.29 is 27.1 Å². The van der Waals surface area contributed by atoms with Gasteiger partial charge in [0.15, 0.2) is 11.6 Å². The summed E-state index contributed by atoms with van der Waals surface area (Å²) in [6.07, 6.45) is 0.0312. The highest BCUT2D eigenvalue weighted by Gasteiger charge is 2.39. The van der Waals surface area contributed by atoms with Crippen LogP contribution in [0.25, 0.3) is 0 Å². The Labute approximate surface area is 115 Å². The summed E-state index contributed by atoms with van der Waals surface area (Å²) in [5, 5.41) is 9.17. The molecule has 0 radical (unpaired) electrons. The molecular formula is C12H15F2NO4S. The van der Waals surface area contributed by atoms with E-state index in [0.29, 0.717) is 12.1 Å². The topological polar surface area (TPSA) is 83.5 Å². The molecule has 0 heterocycles. The Bertz CT molecular complexity index is 612. The maximum Gasteiger partial charge on any atom is 0.324 e. The van der Waals surface area contributed by atoms with Crippen LogP contribution in [0.4, 0.5) is 8.78 Å². The van der Waals surface area contributed by atoms with Gasteiger partial charge in [-0.05, 0) is 31.0 Å². The monoisotopic (exact) mass is 307 g/mol. The zero-order valence-electron chi connectivity index (χ0n) is 11.0. The lowest BCUT2D eigenvalue weighted by Crippen LogP contribution is -2.53. The molecule has 0 spiro atoms. The Kier molecular flexibility index (Phi) is 4.82. The van der Waals surface area contributed by atoms with Crippen LogP contribution < -0.4 is 4.72 Å². The third kappa shape index (κ3) is 3.13. The summed E-state index contributed by atoms with van der Waals surface area (Å²) in [6, 6.07) is 2.05. The number of carboxylic acid groups (broad SMARTS) is 1. The fraction of sp³-hybridized carbons (Fsp3) is 0.417. The first-order valence-electron chi connectivity index (χ1n) is 5.91. The molecule has 112 valence electrons. The van der Waals surface area contributed by atoms with Gasteiger partial charge in [-0.3, -0.25) is 4.79 Å². The number of hydrogen-bond donors (Lipinski definition) is 2. The van der Waals surface area contributed by atoms with Gasteiger partial charge in [-0.25, -0.2) is 17.2 Å². The van der Waals surface area contributed by atoms with Gasteiger partial charge in [-0.15, -0.1) is 0 Å². The summed E-state index contributed by atoms with van der Waals surface area (Å²) in [6.45, 7) is 3.04. The standard InChI is InChI=1S/C12H15F2NO4S/c1-3-12(4-2,11(16)17)15-20(18,19)8-5-6-9(13)10(14)7-8/h5-7,15H,3-4H2,1-2H3,(H,16,17). The molecule has 0 amide bonds. The average Bonchev–Trinajstić information content (AvgIpc) is 2.38. The second-order valence-corrected chi connectivity index (χ2v) is 5.96. The van der Waals surface area contributed by atoms with E-state index in [1.54, 1.807) is 0 Å². The van der Waals surface area contributed by atoms with E-state index in [4.69, 9.17) is 0 Å². The van der Waals surface area contributed by atoms with Gasteiger partial charge < -0.3 is 5.11 Å². The smallest absolute Gasteiger partial charge is 0.324 e. The Morgan fingerprint density at radius 1 is 1.25 bits per heavy atom. The molecule has 0 unspecified atom stereocenters. The summed E-state index contributed by atoms with van der Waals surface area (Å²) in [5.41, 5.74) is -1.68. The predicted octanol–water partition coefficient (Wildman–Crippen LogP) is 1.89. The number of carbonyl (C=O) groups is 1. The molecule has 8 heteroatoms. The second-order valence-electron chi connectivity index (χ2n) is 4.28. The molecule has 1 aromatic rings. The molecule has 0 aliphatic rings. The van der Waals surface area contributed by atoms with Crippen LogP contribution in [-0.2, 0) is 14.8 Å². The molecule has 0 aromatic heterocycles. The maximum absolute atomic E-state index is 13.1. The molecule has 0 aliphatic heterocycles. The third-order valence-corrected chi connectivity index (χ3v) is 4.68. The number of nitrogens with one attached hydrogen (secondary N) is 1. The summed E-state index contributed by atoms with van der Waals surface area (Å²) in [5.74, 6) is -3.82. The molecule has 0 aliphatic carbocycles. The number of halogens is 2. The van der Waals surface area contributed by atoms with Gasteiger partial charge in [0.25, 0.3) is 0 Å². The maximum atomic E-state index is 13.1. The largest absolute Gasteiger partial charge is 0.480 e. The van der Waals surface area contributed by atoms with E-state index in [-0.39, 0.29) is 12.8 Å². The van der Waals surface area contributed by atoms with Gasteiger partial charge in [-0.1, -0.05) is 13.8 Å². The molecule has 5 nitrogen and oxygen atoms in total. The van der Waals surface area contributed by atoms with Gasteiger partial charge in [0.1, 0.15) is 5.54 Å². The van der Waals surface area contributed by atoms with Crippen LogP contribution in [0.5, 0.6) is 0 Å². The normalized spacial score (nSPS) is 12.4. The number of carboxylic acids is 1. The van der Waals surface area contributed by atoms with Crippen LogP contribution in [0.2, 0.25) is 0 Å². The van der Waals surface area contributed by atoms with Crippen molar-refractivity contribution >= 4 is 16.0 Å². The van der Waals surface area contributed by atoms with Crippen molar-refractivity contribution in [2.45, 2.75) is 37.1 Å². The molecule has 0 fully saturated rings. The van der Waals surface area contributed by atoms with Crippen molar-refractivity contribution in [3.05, 3.63) is 29.8 Å². The fourth-order valence-corrected chi connectivity index (χ4v) is 3.21. The highest BCUT2D eigenvalue weighted by molar-refractivity contribution is 7.89. The van der Waals surface area contributed by atoms with Crippen LogP contribution in [-0.4, -0.2) is 25.0 Å². The minimum Gasteiger partial charge on any atom is -0.480 e. The fourth-order valence-electron chi connectivity index (χ4n) is 1.70. The molecular weight excluding hydrogens is 292 g/mol. The average molecular weight is 307 g/mol. The van der Waals surface area contributed by atoms with Gasteiger partial charge >= 0.3 is 5.97 Å². The first-order chi connectivity index (χ1) is 9.18. The highest BCUT2D eigenvalue weighted by Crippen LogP contribution is 2.21. The molecule has 20 heavy (non-hydrogen) atoms. The number of hydrogen-bond acceptors (Lipinski definition) is 3. The summed E-state index contributed by atoms with van der Waals surface area (Å²) >= 11 is 0. The number of sulfonamides is 1. The summed E-state index contributed by atoms with van der Waals surface area (Å²) in [4.78, 5) is 10.7. The van der Waals surface area contributed by atoms with Crippen LogP contribution in [0, 0.1) is 11.6 Å². The molecule has 1 aromatic carbocycles. The van der Waals surface area contributed by atoms with Crippen LogP contribution in [0.1, 0.15) is 26.7 Å². The van der Waals surface area contributed by atoms with E-state index >= 15 is 0 Å². The van der Waals surface area contributed by atoms with Gasteiger partial charge in [0, 0.05) is 0 Å². The SMILES string of the molecule is CCC(CC)(NS(=O)(=O)c1ccc(F)c(F)c1)C(=O)O. The summed E-state index contributed by atoms with van der Waals surface area (Å²) < 4.78 is 52.1. The van der Waals surface area contributed by atoms with Crippen LogP contribution in [0.15, 0.2) is 23.1 Å². The molecule has 0 saturated carbocycles. The minimum absolute atomic E-state index is 0.0156. The van der Waals surface area contributed by atoms with E-state index in [1.807, 2.05) is 0 Å². The minimum atomic E-state index is -4.26. The molecule has 2 N–H and O–H groups in total. The second kappa shape index (κ2) is 5.84. The van der Waals surface area contributed by atoms with Gasteiger partial charge in [-0.2, -0.15) is 4.72 Å². The molecule has 0 bridgehead atoms. The van der Waals surface area contributed by atoms with Crippen LogP contribution >= 0.6 is 0 Å². The predicted molar refractivity (Wildman–Crippen MR) is 67.6 cm³/mol. The van der Waals surface area contributed by atoms with Crippen molar-refractivity contribution in [2.24, 2.45) is 0 Å².